The van der Waals surface area contributed by atoms with Crippen LogP contribution >= 0.6 is 0 Å². The Labute approximate surface area is 237 Å². The van der Waals surface area contributed by atoms with Gasteiger partial charge in [0.25, 0.3) is 5.91 Å². The maximum absolute atomic E-state index is 13.9. The summed E-state index contributed by atoms with van der Waals surface area (Å²) in [6.45, 7) is 3.77. The molecule has 0 aromatic heterocycles. The molecule has 12 heteroatoms. The number of rotatable bonds is 7. The van der Waals surface area contributed by atoms with Crippen LogP contribution in [0.1, 0.15) is 46.5 Å². The van der Waals surface area contributed by atoms with Gasteiger partial charge < -0.3 is 33.2 Å². The molecule has 12 nitrogen and oxygen atoms in total. The molecular weight excluding hydrogens is 520 g/mol. The maximum atomic E-state index is 13.9. The molecule has 1 atom stereocenters. The van der Waals surface area contributed by atoms with Gasteiger partial charge in [0, 0.05) is 24.2 Å². The first-order chi connectivity index (χ1) is 19.6. The predicted octanol–water partition coefficient (Wildman–Crippen LogP) is 1.89. The molecule has 1 aliphatic heterocycles. The lowest BCUT2D eigenvalue weighted by atomic mass is 9.92. The Morgan fingerprint density at radius 1 is 0.732 bits per heavy atom. The zero-order chi connectivity index (χ0) is 29.5. The average Bonchev–Trinajstić information content (AvgIpc) is 2.97. The number of amides is 2. The summed E-state index contributed by atoms with van der Waals surface area (Å²) in [5.74, 6) is -0.923. The van der Waals surface area contributed by atoms with E-state index in [1.807, 2.05) is 30.3 Å². The van der Waals surface area contributed by atoms with E-state index in [9.17, 15) is 9.59 Å². The van der Waals surface area contributed by atoms with Crippen LogP contribution < -0.4 is 28.3 Å². The van der Waals surface area contributed by atoms with E-state index in [1.165, 1.54) is 0 Å². The molecule has 0 saturated carbocycles. The first-order valence-electron chi connectivity index (χ1n) is 12.8. The van der Waals surface area contributed by atoms with Gasteiger partial charge in [0.15, 0.2) is 0 Å². The summed E-state index contributed by atoms with van der Waals surface area (Å²) in [4.78, 5) is 29.2. The van der Waals surface area contributed by atoms with Crippen LogP contribution in [-0.4, -0.2) is 46.1 Å². The molecule has 0 fully saturated rings. The Hall–Kier alpha value is -5.52. The van der Waals surface area contributed by atoms with Gasteiger partial charge in [-0.25, -0.2) is 0 Å². The fourth-order valence-electron chi connectivity index (χ4n) is 4.44. The lowest BCUT2D eigenvalue weighted by Crippen LogP contribution is -2.50. The maximum Gasteiger partial charge on any atom is 0.254 e. The number of guanidine groups is 2. The van der Waals surface area contributed by atoms with E-state index in [2.05, 4.69) is 25.7 Å². The lowest BCUT2D eigenvalue weighted by Gasteiger charge is -2.36. The van der Waals surface area contributed by atoms with Crippen LogP contribution in [0.3, 0.4) is 0 Å². The molecule has 0 spiro atoms. The Bertz CT molecular complexity index is 1580. The van der Waals surface area contributed by atoms with E-state index in [0.717, 1.165) is 16.7 Å². The number of hydrogen-bond donors (Lipinski definition) is 5. The molecule has 0 saturated heterocycles. The molecule has 0 bridgehead atoms. The molecule has 1 aliphatic rings. The van der Waals surface area contributed by atoms with Crippen molar-refractivity contribution in [1.29, 1.82) is 0 Å². The third kappa shape index (κ3) is 7.12. The molecule has 0 radical (unpaired) electrons. The van der Waals surface area contributed by atoms with E-state index in [-0.39, 0.29) is 30.3 Å². The summed E-state index contributed by atoms with van der Waals surface area (Å²) in [5, 5.41) is 18.3. The highest BCUT2D eigenvalue weighted by Gasteiger charge is 2.35. The number of carbonyl (C=O) groups excluding carboxylic acids is 2. The highest BCUT2D eigenvalue weighted by Crippen LogP contribution is 2.26. The van der Waals surface area contributed by atoms with Gasteiger partial charge in [0.05, 0.1) is 11.4 Å². The molecule has 3 aromatic rings. The first kappa shape index (κ1) is 28.5. The number of nitrogens with one attached hydrogen (secondary N) is 1. The summed E-state index contributed by atoms with van der Waals surface area (Å²) < 4.78 is 0. The number of hydrogen-bond acceptors (Lipinski definition) is 6. The van der Waals surface area contributed by atoms with Crippen molar-refractivity contribution in [3.8, 4) is 0 Å². The smallest absolute Gasteiger partial charge is 0.254 e. The number of benzene rings is 3. The first-order valence-corrected chi connectivity index (χ1v) is 12.8. The highest BCUT2D eigenvalue weighted by atomic mass is 16.2. The molecule has 3 aromatic carbocycles. The van der Waals surface area contributed by atoms with Crippen LogP contribution in [0.2, 0.25) is 0 Å². The van der Waals surface area contributed by atoms with Crippen molar-refractivity contribution in [3.05, 3.63) is 101 Å². The van der Waals surface area contributed by atoms with Crippen molar-refractivity contribution in [2.24, 2.45) is 43.3 Å². The van der Waals surface area contributed by atoms with E-state index >= 15 is 0 Å². The van der Waals surface area contributed by atoms with E-state index < -0.39 is 6.04 Å². The van der Waals surface area contributed by atoms with Crippen molar-refractivity contribution in [2.75, 3.05) is 5.32 Å². The SMILES string of the molecule is C/C(=N\N=C(N)N)c1cccc(NC(=O)[C@@H]2Cc3ccccc3CN2C(=O)c2cccc(/C(C)=N/N=C(N)N)c2)c1. The molecule has 0 unspecified atom stereocenters. The topological polar surface area (TPSA) is 203 Å². The second kappa shape index (κ2) is 12.6. The van der Waals surface area contributed by atoms with Crippen molar-refractivity contribution in [2.45, 2.75) is 32.9 Å². The fraction of sp³-hybridized carbons (Fsp3) is 0.172. The molecule has 0 aliphatic carbocycles. The molecule has 2 amide bonds. The average molecular weight is 553 g/mol. The van der Waals surface area contributed by atoms with Crippen molar-refractivity contribution >= 4 is 40.8 Å². The summed E-state index contributed by atoms with van der Waals surface area (Å²) in [7, 11) is 0. The normalized spacial score (nSPS) is 15.0. The quantitative estimate of drug-likeness (QED) is 0.168. The van der Waals surface area contributed by atoms with E-state index in [4.69, 9.17) is 22.9 Å². The Morgan fingerprint density at radius 3 is 1.93 bits per heavy atom. The Morgan fingerprint density at radius 2 is 1.29 bits per heavy atom. The largest absolute Gasteiger partial charge is 0.369 e. The lowest BCUT2D eigenvalue weighted by molar-refractivity contribution is -0.121. The van der Waals surface area contributed by atoms with Gasteiger partial charge in [0.2, 0.25) is 17.8 Å². The van der Waals surface area contributed by atoms with Crippen LogP contribution in [0.4, 0.5) is 5.69 Å². The molecule has 210 valence electrons. The standard InChI is InChI=1S/C29H32N10O2/c1-17(35-37-28(30)31)19-9-5-11-22(13-19)27(41)39-16-23-8-4-3-7-21(23)15-25(39)26(40)34-24-12-6-10-20(14-24)18(2)36-38-29(32)33/h3-14,25H,15-16H2,1-2H3,(H,34,40)(H4,30,31,37)(H4,32,33,38)/b35-17+,36-18+/t25-/m0/s1. The van der Waals surface area contributed by atoms with Gasteiger partial charge in [-0.1, -0.05) is 48.5 Å². The molecule has 9 N–H and O–H groups in total. The number of nitrogens with two attached hydrogens (primary N) is 4. The van der Waals surface area contributed by atoms with Gasteiger partial charge in [-0.3, -0.25) is 9.59 Å². The summed E-state index contributed by atoms with van der Waals surface area (Å²) in [6.07, 6.45) is 0.364. The van der Waals surface area contributed by atoms with Crippen molar-refractivity contribution in [1.82, 2.24) is 4.90 Å². The number of carbonyl (C=O) groups is 2. The zero-order valence-corrected chi connectivity index (χ0v) is 22.8. The van der Waals surface area contributed by atoms with Gasteiger partial charge in [-0.2, -0.15) is 10.2 Å². The fourth-order valence-corrected chi connectivity index (χ4v) is 4.44. The third-order valence-corrected chi connectivity index (χ3v) is 6.52. The Kier molecular flexibility index (Phi) is 8.72. The van der Waals surface area contributed by atoms with Crippen LogP contribution in [0.15, 0.2) is 93.2 Å². The van der Waals surface area contributed by atoms with Crippen molar-refractivity contribution < 1.29 is 9.59 Å². The van der Waals surface area contributed by atoms with Gasteiger partial charge in [0.1, 0.15) is 6.04 Å². The second-order valence-corrected chi connectivity index (χ2v) is 9.49. The van der Waals surface area contributed by atoms with E-state index in [0.29, 0.717) is 34.7 Å². The second-order valence-electron chi connectivity index (χ2n) is 9.49. The summed E-state index contributed by atoms with van der Waals surface area (Å²) in [6, 6.07) is 21.2. The number of anilines is 1. The summed E-state index contributed by atoms with van der Waals surface area (Å²) in [5.41, 5.74) is 27.0. The molecule has 1 heterocycles. The Balaban J connectivity index is 1.63. The van der Waals surface area contributed by atoms with Crippen LogP contribution in [0.5, 0.6) is 0 Å². The van der Waals surface area contributed by atoms with Gasteiger partial charge >= 0.3 is 0 Å². The number of nitrogens with zero attached hydrogens (tertiary/aromatic N) is 5. The molecule has 41 heavy (non-hydrogen) atoms. The monoisotopic (exact) mass is 552 g/mol. The molecule has 4 rings (SSSR count). The predicted molar refractivity (Wildman–Crippen MR) is 161 cm³/mol. The van der Waals surface area contributed by atoms with Gasteiger partial charge in [-0.15, -0.1) is 10.2 Å². The highest BCUT2D eigenvalue weighted by molar-refractivity contribution is 6.05. The van der Waals surface area contributed by atoms with E-state index in [1.54, 1.807) is 61.2 Å². The van der Waals surface area contributed by atoms with Gasteiger partial charge in [-0.05, 0) is 60.4 Å². The van der Waals surface area contributed by atoms with Crippen LogP contribution in [0.25, 0.3) is 0 Å². The van der Waals surface area contributed by atoms with Crippen molar-refractivity contribution in [3.63, 3.8) is 0 Å². The van der Waals surface area contributed by atoms with Crippen LogP contribution in [-0.2, 0) is 17.8 Å². The number of fused-ring (bicyclic) bond motifs is 1. The third-order valence-electron chi connectivity index (χ3n) is 6.52. The minimum Gasteiger partial charge on any atom is -0.369 e. The minimum absolute atomic E-state index is 0.155. The van der Waals surface area contributed by atoms with Crippen LogP contribution in [0, 0.1) is 0 Å². The minimum atomic E-state index is -0.752. The summed E-state index contributed by atoms with van der Waals surface area (Å²) >= 11 is 0. The molecular formula is C29H32N10O2. The zero-order valence-electron chi connectivity index (χ0n) is 22.8.